The van der Waals surface area contributed by atoms with Crippen molar-refractivity contribution >= 4 is 5.78 Å². The minimum Gasteiger partial charge on any atom is -0.386 e. The highest BCUT2D eigenvalue weighted by Gasteiger charge is 2.11. The van der Waals surface area contributed by atoms with Gasteiger partial charge in [-0.05, 0) is 51.8 Å². The fourth-order valence-electron chi connectivity index (χ4n) is 1.17. The number of hydrogen-bond donors (Lipinski definition) is 1. The lowest BCUT2D eigenvalue weighted by atomic mass is 10.0. The summed E-state index contributed by atoms with van der Waals surface area (Å²) in [5.74, 6) is -0.0115. The number of aliphatic hydroxyl groups is 1. The molecule has 17 heavy (non-hydrogen) atoms. The molecule has 2 nitrogen and oxygen atoms in total. The average Bonchev–Trinajstić information content (AvgIpc) is 2.15. The van der Waals surface area contributed by atoms with Gasteiger partial charge in [0.1, 0.15) is 0 Å². The Bertz CT molecular complexity index is 364. The first kappa shape index (κ1) is 15.6. The highest BCUT2D eigenvalue weighted by Crippen LogP contribution is 2.11. The molecule has 0 radical (unpaired) electrons. The van der Waals surface area contributed by atoms with Crippen LogP contribution in [0.1, 0.15) is 34.1 Å². The van der Waals surface area contributed by atoms with Crippen LogP contribution < -0.4 is 0 Å². The Hall–Kier alpha value is -1.41. The molecule has 0 aliphatic rings. The summed E-state index contributed by atoms with van der Waals surface area (Å²) in [4.78, 5) is 11.4. The minimum atomic E-state index is -0.888. The predicted molar refractivity (Wildman–Crippen MR) is 72.8 cm³/mol. The molecule has 0 aliphatic heterocycles. The normalized spacial score (nSPS) is 15.5. The molecule has 0 rings (SSSR count). The summed E-state index contributed by atoms with van der Waals surface area (Å²) in [6.45, 7) is 10.9. The second kappa shape index (κ2) is 7.02. The van der Waals surface area contributed by atoms with E-state index in [9.17, 15) is 9.90 Å². The van der Waals surface area contributed by atoms with Crippen molar-refractivity contribution in [2.75, 3.05) is 0 Å². The van der Waals surface area contributed by atoms with Gasteiger partial charge >= 0.3 is 0 Å². The summed E-state index contributed by atoms with van der Waals surface area (Å²) in [6.07, 6.45) is 8.82. The van der Waals surface area contributed by atoms with Gasteiger partial charge < -0.3 is 5.11 Å². The third-order valence-electron chi connectivity index (χ3n) is 2.15. The van der Waals surface area contributed by atoms with Gasteiger partial charge in [-0.3, -0.25) is 4.79 Å². The molecule has 0 aromatic heterocycles. The van der Waals surface area contributed by atoms with Crippen molar-refractivity contribution in [3.05, 3.63) is 48.1 Å². The summed E-state index contributed by atoms with van der Waals surface area (Å²) in [5, 5.41) is 9.67. The van der Waals surface area contributed by atoms with Crippen LogP contribution in [-0.2, 0) is 4.79 Å². The van der Waals surface area contributed by atoms with E-state index >= 15 is 0 Å². The maximum atomic E-state index is 11.4. The van der Waals surface area contributed by atoms with E-state index in [0.717, 1.165) is 11.1 Å². The summed E-state index contributed by atoms with van der Waals surface area (Å²) >= 11 is 0. The van der Waals surface area contributed by atoms with Crippen molar-refractivity contribution < 1.29 is 9.90 Å². The molecule has 0 fully saturated rings. The second-order valence-corrected chi connectivity index (χ2v) is 4.68. The Morgan fingerprint density at radius 1 is 1.29 bits per heavy atom. The molecule has 0 aromatic carbocycles. The van der Waals surface area contributed by atoms with Gasteiger partial charge in [-0.25, -0.2) is 0 Å². The van der Waals surface area contributed by atoms with Gasteiger partial charge in [0, 0.05) is 0 Å². The van der Waals surface area contributed by atoms with Crippen molar-refractivity contribution in [1.29, 1.82) is 0 Å². The molecule has 0 saturated carbocycles. The maximum absolute atomic E-state index is 11.4. The molecule has 2 heteroatoms. The summed E-state index contributed by atoms with van der Waals surface area (Å²) in [5.41, 5.74) is 0.964. The molecule has 0 heterocycles. The lowest BCUT2D eigenvalue weighted by Gasteiger charge is -2.14. The summed E-state index contributed by atoms with van der Waals surface area (Å²) < 4.78 is 0. The first-order valence-electron chi connectivity index (χ1n) is 5.66. The molecule has 1 N–H and O–H groups in total. The Kier molecular flexibility index (Phi) is 6.44. The van der Waals surface area contributed by atoms with E-state index in [2.05, 4.69) is 6.58 Å². The van der Waals surface area contributed by atoms with Gasteiger partial charge in [0.2, 0.25) is 0 Å². The minimum absolute atomic E-state index is 0.0115. The predicted octanol–water partition coefficient (Wildman–Crippen LogP) is 3.35. The lowest BCUT2D eigenvalue weighted by Crippen LogP contribution is -2.18. The molecule has 1 atom stereocenters. The van der Waals surface area contributed by atoms with Crippen molar-refractivity contribution in [1.82, 2.24) is 0 Å². The average molecular weight is 234 g/mol. The fraction of sp³-hybridized carbons (Fsp3) is 0.400. The van der Waals surface area contributed by atoms with Gasteiger partial charge in [-0.2, -0.15) is 0 Å². The lowest BCUT2D eigenvalue weighted by molar-refractivity contribution is -0.110. The number of carbonyl (C=O) groups excluding carboxylic acids is 1. The standard InChI is InChI=1S/C15H22O2/c1-6-15(5,17)9-7-8-13(4)11-14(16)10-12(2)3/h6-8,10-11,17H,1,9H2,2-5H3/b8-7+,13-11+. The number of carbonyl (C=O) groups is 1. The van der Waals surface area contributed by atoms with Gasteiger partial charge in [-0.1, -0.05) is 23.8 Å². The van der Waals surface area contributed by atoms with Gasteiger partial charge in [-0.15, -0.1) is 6.58 Å². The van der Waals surface area contributed by atoms with Crippen LogP contribution in [0.15, 0.2) is 48.1 Å². The van der Waals surface area contributed by atoms with E-state index in [0.29, 0.717) is 6.42 Å². The number of rotatable bonds is 6. The third kappa shape index (κ3) is 8.40. The Morgan fingerprint density at radius 2 is 1.88 bits per heavy atom. The van der Waals surface area contributed by atoms with E-state index in [1.54, 1.807) is 19.1 Å². The van der Waals surface area contributed by atoms with E-state index in [4.69, 9.17) is 0 Å². The maximum Gasteiger partial charge on any atom is 0.178 e. The molecule has 1 unspecified atom stereocenters. The Morgan fingerprint density at radius 3 is 2.35 bits per heavy atom. The molecule has 0 aliphatic carbocycles. The SMILES string of the molecule is C=CC(C)(O)C/C=C/C(C)=C/C(=O)C=C(C)C. The molecule has 94 valence electrons. The quantitative estimate of drug-likeness (QED) is 0.435. The molecule has 0 aromatic rings. The van der Waals surface area contributed by atoms with Gasteiger partial charge in [0.25, 0.3) is 0 Å². The monoisotopic (exact) mass is 234 g/mol. The van der Waals surface area contributed by atoms with E-state index < -0.39 is 5.60 Å². The van der Waals surface area contributed by atoms with Crippen molar-refractivity contribution in [3.63, 3.8) is 0 Å². The van der Waals surface area contributed by atoms with Crippen LogP contribution >= 0.6 is 0 Å². The van der Waals surface area contributed by atoms with Crippen LogP contribution in [0, 0.1) is 0 Å². The highest BCUT2D eigenvalue weighted by atomic mass is 16.3. The van der Waals surface area contributed by atoms with E-state index in [-0.39, 0.29) is 5.78 Å². The van der Waals surface area contributed by atoms with Crippen LogP contribution in [0.25, 0.3) is 0 Å². The summed E-state index contributed by atoms with van der Waals surface area (Å²) in [6, 6.07) is 0. The summed E-state index contributed by atoms with van der Waals surface area (Å²) in [7, 11) is 0. The highest BCUT2D eigenvalue weighted by molar-refractivity contribution is 6.00. The fourth-order valence-corrected chi connectivity index (χ4v) is 1.17. The third-order valence-corrected chi connectivity index (χ3v) is 2.15. The topological polar surface area (TPSA) is 37.3 Å². The molecule has 0 spiro atoms. The number of hydrogen-bond acceptors (Lipinski definition) is 2. The van der Waals surface area contributed by atoms with Gasteiger partial charge in [0.05, 0.1) is 5.60 Å². The molecular weight excluding hydrogens is 212 g/mol. The smallest absolute Gasteiger partial charge is 0.178 e. The number of ketones is 1. The Balaban J connectivity index is 4.45. The van der Waals surface area contributed by atoms with Crippen molar-refractivity contribution in [2.45, 2.75) is 39.7 Å². The second-order valence-electron chi connectivity index (χ2n) is 4.68. The van der Waals surface area contributed by atoms with E-state index in [1.807, 2.05) is 32.9 Å². The van der Waals surface area contributed by atoms with Crippen LogP contribution in [0.3, 0.4) is 0 Å². The zero-order valence-electron chi connectivity index (χ0n) is 11.2. The number of allylic oxidation sites excluding steroid dienone is 5. The Labute approximate surface area is 104 Å². The molecular formula is C15H22O2. The van der Waals surface area contributed by atoms with Crippen LogP contribution in [0.5, 0.6) is 0 Å². The first-order chi connectivity index (χ1) is 7.76. The zero-order chi connectivity index (χ0) is 13.5. The van der Waals surface area contributed by atoms with Crippen LogP contribution in [0.2, 0.25) is 0 Å². The van der Waals surface area contributed by atoms with Gasteiger partial charge in [0.15, 0.2) is 5.78 Å². The molecule has 0 bridgehead atoms. The van der Waals surface area contributed by atoms with Crippen molar-refractivity contribution in [2.24, 2.45) is 0 Å². The first-order valence-corrected chi connectivity index (χ1v) is 5.66. The van der Waals surface area contributed by atoms with Crippen LogP contribution in [-0.4, -0.2) is 16.5 Å². The van der Waals surface area contributed by atoms with Crippen molar-refractivity contribution in [3.8, 4) is 0 Å². The van der Waals surface area contributed by atoms with Crippen LogP contribution in [0.4, 0.5) is 0 Å². The van der Waals surface area contributed by atoms with E-state index in [1.165, 1.54) is 6.08 Å². The molecule has 0 amide bonds. The largest absolute Gasteiger partial charge is 0.386 e. The molecule has 0 saturated heterocycles. The zero-order valence-corrected chi connectivity index (χ0v) is 11.2.